The molecular formula is C23H19BrI2N2O3. The quantitative estimate of drug-likeness (QED) is 0.178. The number of nitrogens with one attached hydrogen (secondary N) is 1. The average Bonchev–Trinajstić information content (AvgIpc) is 2.73. The Kier molecular flexibility index (Phi) is 8.73. The largest absolute Gasteiger partial charge is 0.496 e. The second-order valence-corrected chi connectivity index (χ2v) is 9.82. The normalized spacial score (nSPS) is 10.9. The summed E-state index contributed by atoms with van der Waals surface area (Å²) in [5, 5.41) is 4.08. The molecule has 31 heavy (non-hydrogen) atoms. The second-order valence-electron chi connectivity index (χ2n) is 6.64. The molecule has 3 aromatic carbocycles. The van der Waals surface area contributed by atoms with Crippen LogP contribution in [0, 0.1) is 14.1 Å². The molecule has 0 spiro atoms. The molecule has 5 nitrogen and oxygen atoms in total. The number of carbonyl (C=O) groups is 1. The maximum atomic E-state index is 12.3. The van der Waals surface area contributed by atoms with Crippen LogP contribution in [0.4, 0.5) is 0 Å². The highest BCUT2D eigenvalue weighted by Crippen LogP contribution is 2.32. The van der Waals surface area contributed by atoms with E-state index in [2.05, 4.69) is 90.7 Å². The fourth-order valence-corrected chi connectivity index (χ4v) is 5.10. The monoisotopic (exact) mass is 704 g/mol. The number of nitrogens with zero attached hydrogens (tertiary/aromatic N) is 1. The minimum atomic E-state index is -0.308. The van der Waals surface area contributed by atoms with E-state index in [1.165, 1.54) is 5.56 Å². The molecule has 160 valence electrons. The van der Waals surface area contributed by atoms with Gasteiger partial charge >= 0.3 is 0 Å². The van der Waals surface area contributed by atoms with Crippen molar-refractivity contribution in [2.45, 2.75) is 13.5 Å². The smallest absolute Gasteiger partial charge is 0.271 e. The lowest BCUT2D eigenvalue weighted by molar-refractivity contribution is 0.0954. The zero-order chi connectivity index (χ0) is 22.4. The third-order valence-electron chi connectivity index (χ3n) is 4.28. The number of halogens is 3. The Bertz CT molecular complexity index is 1110. The molecule has 0 atom stereocenters. The van der Waals surface area contributed by atoms with E-state index in [4.69, 9.17) is 9.47 Å². The zero-order valence-corrected chi connectivity index (χ0v) is 22.7. The van der Waals surface area contributed by atoms with Crippen LogP contribution in [0.25, 0.3) is 0 Å². The van der Waals surface area contributed by atoms with Crippen LogP contribution in [0.15, 0.2) is 64.2 Å². The summed E-state index contributed by atoms with van der Waals surface area (Å²) in [6.45, 7) is 2.55. The van der Waals surface area contributed by atoms with Crippen LogP contribution in [-0.4, -0.2) is 19.2 Å². The number of carbonyl (C=O) groups excluding carboxylic acids is 1. The molecule has 1 amide bonds. The fraction of sp³-hybridized carbons (Fsp3) is 0.130. The first-order valence-corrected chi connectivity index (χ1v) is 12.2. The van der Waals surface area contributed by atoms with Crippen molar-refractivity contribution >= 4 is 73.2 Å². The summed E-state index contributed by atoms with van der Waals surface area (Å²) in [4.78, 5) is 12.3. The van der Waals surface area contributed by atoms with Crippen LogP contribution >= 0.6 is 61.1 Å². The lowest BCUT2D eigenvalue weighted by atomic mass is 10.1. The molecule has 0 bridgehead atoms. The first kappa shape index (κ1) is 24.0. The zero-order valence-electron chi connectivity index (χ0n) is 16.8. The molecule has 0 heterocycles. The fourth-order valence-electron chi connectivity index (χ4n) is 2.78. The van der Waals surface area contributed by atoms with E-state index in [0.29, 0.717) is 17.9 Å². The number of hydrazone groups is 1. The van der Waals surface area contributed by atoms with E-state index in [0.717, 1.165) is 28.5 Å². The van der Waals surface area contributed by atoms with Crippen molar-refractivity contribution in [1.29, 1.82) is 0 Å². The Morgan fingerprint density at radius 1 is 1.13 bits per heavy atom. The van der Waals surface area contributed by atoms with Crippen molar-refractivity contribution in [2.24, 2.45) is 5.10 Å². The highest BCUT2D eigenvalue weighted by Gasteiger charge is 2.10. The third-order valence-corrected chi connectivity index (χ3v) is 6.56. The van der Waals surface area contributed by atoms with Gasteiger partial charge < -0.3 is 9.47 Å². The van der Waals surface area contributed by atoms with Crippen LogP contribution in [0.2, 0.25) is 0 Å². The number of benzene rings is 3. The molecule has 8 heteroatoms. The predicted octanol–water partition coefficient (Wildman–Crippen LogP) is 6.32. The molecule has 0 aromatic heterocycles. The third kappa shape index (κ3) is 6.66. The highest BCUT2D eigenvalue weighted by molar-refractivity contribution is 14.1. The van der Waals surface area contributed by atoms with E-state index in [9.17, 15) is 4.79 Å². The summed E-state index contributed by atoms with van der Waals surface area (Å²) < 4.78 is 14.0. The van der Waals surface area contributed by atoms with Gasteiger partial charge in [0.15, 0.2) is 0 Å². The Morgan fingerprint density at radius 2 is 1.94 bits per heavy atom. The molecular weight excluding hydrogens is 686 g/mol. The highest BCUT2D eigenvalue weighted by atomic mass is 127. The van der Waals surface area contributed by atoms with Crippen molar-refractivity contribution in [1.82, 2.24) is 5.43 Å². The van der Waals surface area contributed by atoms with E-state index < -0.39 is 0 Å². The molecule has 0 aliphatic heterocycles. The van der Waals surface area contributed by atoms with Gasteiger partial charge in [0.25, 0.3) is 5.91 Å². The van der Waals surface area contributed by atoms with Crippen LogP contribution in [0.5, 0.6) is 11.5 Å². The summed E-state index contributed by atoms with van der Waals surface area (Å²) in [5.74, 6) is 1.11. The van der Waals surface area contributed by atoms with Gasteiger partial charge in [-0.3, -0.25) is 4.79 Å². The van der Waals surface area contributed by atoms with Crippen LogP contribution in [0.1, 0.15) is 27.0 Å². The van der Waals surface area contributed by atoms with E-state index in [1.807, 2.05) is 30.3 Å². The average molecular weight is 705 g/mol. The van der Waals surface area contributed by atoms with Crippen molar-refractivity contribution in [3.05, 3.63) is 88.5 Å². The number of hydrogen-bond donors (Lipinski definition) is 1. The Balaban J connectivity index is 1.65. The number of rotatable bonds is 7. The van der Waals surface area contributed by atoms with Crippen LogP contribution < -0.4 is 14.9 Å². The lowest BCUT2D eigenvalue weighted by Gasteiger charge is -2.12. The van der Waals surface area contributed by atoms with Crippen LogP contribution in [-0.2, 0) is 6.61 Å². The van der Waals surface area contributed by atoms with Gasteiger partial charge in [0, 0.05) is 5.56 Å². The Labute approximate surface area is 217 Å². The predicted molar refractivity (Wildman–Crippen MR) is 143 cm³/mol. The van der Waals surface area contributed by atoms with Gasteiger partial charge in [-0.2, -0.15) is 5.10 Å². The molecule has 0 fully saturated rings. The summed E-state index contributed by atoms with van der Waals surface area (Å²) >= 11 is 7.95. The topological polar surface area (TPSA) is 59.9 Å². The molecule has 0 saturated heterocycles. The van der Waals surface area contributed by atoms with E-state index in [-0.39, 0.29) is 5.91 Å². The second kappa shape index (κ2) is 11.3. The SMILES string of the molecule is COc1cc(C(=O)N/N=C\c2cc(Br)c(OCc3cccc(C)c3)c(I)c2)ccc1I. The minimum Gasteiger partial charge on any atom is -0.496 e. The number of hydrogen-bond acceptors (Lipinski definition) is 4. The summed E-state index contributed by atoms with van der Waals surface area (Å²) in [6, 6.07) is 17.3. The lowest BCUT2D eigenvalue weighted by Crippen LogP contribution is -2.17. The van der Waals surface area contributed by atoms with Gasteiger partial charge in [0.1, 0.15) is 18.1 Å². The Hall–Kier alpha value is -1.66. The van der Waals surface area contributed by atoms with Crippen molar-refractivity contribution < 1.29 is 14.3 Å². The number of amides is 1. The van der Waals surface area contributed by atoms with E-state index >= 15 is 0 Å². The summed E-state index contributed by atoms with van der Waals surface area (Å²) in [5.41, 5.74) is 6.17. The number of ether oxygens (including phenoxy) is 2. The van der Waals surface area contributed by atoms with Crippen molar-refractivity contribution in [3.63, 3.8) is 0 Å². The van der Waals surface area contributed by atoms with Gasteiger partial charge in [0.05, 0.1) is 24.9 Å². The molecule has 0 aliphatic carbocycles. The van der Waals surface area contributed by atoms with Crippen LogP contribution in [0.3, 0.4) is 0 Å². The molecule has 3 aromatic rings. The summed E-state index contributed by atoms with van der Waals surface area (Å²) in [6.07, 6.45) is 1.60. The van der Waals surface area contributed by atoms with Gasteiger partial charge in [-0.15, -0.1) is 0 Å². The van der Waals surface area contributed by atoms with Crippen molar-refractivity contribution in [3.8, 4) is 11.5 Å². The summed E-state index contributed by atoms with van der Waals surface area (Å²) in [7, 11) is 1.57. The molecule has 0 aliphatic rings. The molecule has 3 rings (SSSR count). The maximum Gasteiger partial charge on any atom is 0.271 e. The molecule has 0 radical (unpaired) electrons. The first-order chi connectivity index (χ1) is 14.9. The van der Waals surface area contributed by atoms with Crippen molar-refractivity contribution in [2.75, 3.05) is 7.11 Å². The number of aryl methyl sites for hydroxylation is 1. The molecule has 1 N–H and O–H groups in total. The minimum absolute atomic E-state index is 0.308. The first-order valence-electron chi connectivity index (χ1n) is 9.21. The van der Waals surface area contributed by atoms with Gasteiger partial charge in [-0.1, -0.05) is 29.8 Å². The Morgan fingerprint density at radius 3 is 2.65 bits per heavy atom. The maximum absolute atomic E-state index is 12.3. The molecule has 0 unspecified atom stereocenters. The standard InChI is InChI=1S/C23H19BrI2N2O3/c1-14-4-3-5-15(8-14)13-31-22-18(24)9-16(10-20(22)26)12-27-28-23(29)17-6-7-19(25)21(11-17)30-2/h3-12H,13H2,1-2H3,(H,28,29)/b27-12-. The van der Waals surface area contributed by atoms with E-state index in [1.54, 1.807) is 25.5 Å². The van der Waals surface area contributed by atoms with Gasteiger partial charge in [0.2, 0.25) is 0 Å². The van der Waals surface area contributed by atoms with Gasteiger partial charge in [-0.25, -0.2) is 5.43 Å². The van der Waals surface area contributed by atoms with Gasteiger partial charge in [-0.05, 0) is 109 Å². The molecule has 0 saturated carbocycles. The number of methoxy groups -OCH3 is 1.